The molecule has 1 aromatic rings. The number of hydrogen-bond donors (Lipinski definition) is 1. The molecule has 20 heavy (non-hydrogen) atoms. The number of Topliss-reactive ketones (excluding diaryl/α,β-unsaturated/α-hetero) is 1. The van der Waals surface area contributed by atoms with Crippen LogP contribution in [0.1, 0.15) is 30.1 Å². The summed E-state index contributed by atoms with van der Waals surface area (Å²) in [6.07, 6.45) is 1.83. The van der Waals surface area contributed by atoms with Crippen molar-refractivity contribution >= 4 is 15.8 Å². The first kappa shape index (κ1) is 15.2. The molecule has 0 spiro atoms. The molecule has 1 aliphatic rings. The number of likely N-dealkylation sites (N-methyl/N-ethyl adjacent to an activating group) is 1. The molecule has 2 rings (SSSR count). The number of carbonyl (C=O) groups is 1. The van der Waals surface area contributed by atoms with E-state index in [4.69, 9.17) is 0 Å². The summed E-state index contributed by atoms with van der Waals surface area (Å²) in [7, 11) is -1.95. The highest BCUT2D eigenvalue weighted by Crippen LogP contribution is 2.20. The average Bonchev–Trinajstić information content (AvgIpc) is 2.47. The van der Waals surface area contributed by atoms with Crippen LogP contribution in [0.3, 0.4) is 0 Å². The van der Waals surface area contributed by atoms with Crippen molar-refractivity contribution in [2.45, 2.75) is 30.7 Å². The van der Waals surface area contributed by atoms with Gasteiger partial charge in [-0.15, -0.1) is 0 Å². The molecule has 1 aromatic carbocycles. The molecule has 0 amide bonds. The van der Waals surface area contributed by atoms with Gasteiger partial charge in [-0.05, 0) is 38.4 Å². The molecular formula is C14H20N2O3S. The summed E-state index contributed by atoms with van der Waals surface area (Å²) in [5.74, 6) is -0.135. The van der Waals surface area contributed by atoms with Crippen LogP contribution in [0.5, 0.6) is 0 Å². The second kappa shape index (κ2) is 6.03. The van der Waals surface area contributed by atoms with Crippen molar-refractivity contribution < 1.29 is 13.2 Å². The molecule has 6 heteroatoms. The second-order valence-corrected chi connectivity index (χ2v) is 7.10. The number of piperidine rings is 1. The minimum atomic E-state index is -3.55. The van der Waals surface area contributed by atoms with E-state index in [1.165, 1.54) is 23.4 Å². The maximum Gasteiger partial charge on any atom is 0.243 e. The first-order chi connectivity index (χ1) is 9.43. The van der Waals surface area contributed by atoms with Crippen LogP contribution < -0.4 is 5.32 Å². The van der Waals surface area contributed by atoms with Crippen LogP contribution in [0, 0.1) is 0 Å². The van der Waals surface area contributed by atoms with Gasteiger partial charge in [-0.3, -0.25) is 4.79 Å². The fraction of sp³-hybridized carbons (Fsp3) is 0.500. The highest BCUT2D eigenvalue weighted by molar-refractivity contribution is 7.89. The van der Waals surface area contributed by atoms with E-state index in [0.29, 0.717) is 12.1 Å². The van der Waals surface area contributed by atoms with E-state index in [9.17, 15) is 13.2 Å². The fourth-order valence-corrected chi connectivity index (χ4v) is 3.81. The van der Waals surface area contributed by atoms with Gasteiger partial charge in [0.15, 0.2) is 5.78 Å². The Hall–Kier alpha value is -1.24. The van der Waals surface area contributed by atoms with Crippen LogP contribution >= 0.6 is 0 Å². The third-order valence-electron chi connectivity index (χ3n) is 3.70. The Kier molecular flexibility index (Phi) is 4.57. The normalized spacial score (nSPS) is 20.1. The Morgan fingerprint density at radius 2 is 2.15 bits per heavy atom. The molecule has 1 unspecified atom stereocenters. The predicted molar refractivity (Wildman–Crippen MR) is 77.3 cm³/mol. The summed E-state index contributed by atoms with van der Waals surface area (Å²) in [5, 5.41) is 3.21. The SMILES string of the molecule is CC(=O)c1cccc(S(=O)(=O)N(C)C2CCCNC2)c1. The molecule has 110 valence electrons. The summed E-state index contributed by atoms with van der Waals surface area (Å²) in [5.41, 5.74) is 0.418. The van der Waals surface area contributed by atoms with Crippen molar-refractivity contribution in [3.8, 4) is 0 Å². The summed E-state index contributed by atoms with van der Waals surface area (Å²) in [4.78, 5) is 11.6. The molecule has 5 nitrogen and oxygen atoms in total. The molecule has 1 N–H and O–H groups in total. The van der Waals surface area contributed by atoms with Crippen LogP contribution in [0.15, 0.2) is 29.2 Å². The smallest absolute Gasteiger partial charge is 0.243 e. The zero-order valence-corrected chi connectivity index (χ0v) is 12.6. The van der Waals surface area contributed by atoms with E-state index in [1.807, 2.05) is 0 Å². The lowest BCUT2D eigenvalue weighted by molar-refractivity contribution is 0.101. The quantitative estimate of drug-likeness (QED) is 0.850. The lowest BCUT2D eigenvalue weighted by Crippen LogP contribution is -2.46. The molecule has 0 aliphatic carbocycles. The van der Waals surface area contributed by atoms with E-state index < -0.39 is 10.0 Å². The lowest BCUT2D eigenvalue weighted by Gasteiger charge is -2.30. The summed E-state index contributed by atoms with van der Waals surface area (Å²) >= 11 is 0. The van der Waals surface area contributed by atoms with Gasteiger partial charge in [-0.1, -0.05) is 12.1 Å². The van der Waals surface area contributed by atoms with Gasteiger partial charge in [0.05, 0.1) is 4.90 Å². The van der Waals surface area contributed by atoms with Crippen molar-refractivity contribution in [1.82, 2.24) is 9.62 Å². The van der Waals surface area contributed by atoms with Gasteiger partial charge in [0, 0.05) is 25.2 Å². The van der Waals surface area contributed by atoms with E-state index in [1.54, 1.807) is 19.2 Å². The Balaban J connectivity index is 2.29. The zero-order chi connectivity index (χ0) is 14.8. The number of hydrogen-bond acceptors (Lipinski definition) is 4. The van der Waals surface area contributed by atoms with E-state index in [2.05, 4.69) is 5.32 Å². The van der Waals surface area contributed by atoms with Crippen molar-refractivity contribution in [2.24, 2.45) is 0 Å². The van der Waals surface area contributed by atoms with Gasteiger partial charge < -0.3 is 5.32 Å². The number of nitrogens with zero attached hydrogens (tertiary/aromatic N) is 1. The van der Waals surface area contributed by atoms with E-state index in [-0.39, 0.29) is 16.7 Å². The Bertz CT molecular complexity index is 592. The third kappa shape index (κ3) is 3.08. The van der Waals surface area contributed by atoms with E-state index >= 15 is 0 Å². The molecule has 0 bridgehead atoms. The van der Waals surface area contributed by atoms with Gasteiger partial charge in [-0.25, -0.2) is 8.42 Å². The monoisotopic (exact) mass is 296 g/mol. The summed E-state index contributed by atoms with van der Waals surface area (Å²) in [6, 6.07) is 6.19. The number of sulfonamides is 1. The van der Waals surface area contributed by atoms with Crippen LogP contribution in [0.2, 0.25) is 0 Å². The van der Waals surface area contributed by atoms with Crippen molar-refractivity contribution in [3.63, 3.8) is 0 Å². The fourth-order valence-electron chi connectivity index (χ4n) is 2.38. The van der Waals surface area contributed by atoms with Crippen LogP contribution in [-0.4, -0.2) is 44.7 Å². The van der Waals surface area contributed by atoms with Crippen molar-refractivity contribution in [2.75, 3.05) is 20.1 Å². The highest BCUT2D eigenvalue weighted by Gasteiger charge is 2.29. The lowest BCUT2D eigenvalue weighted by atomic mass is 10.1. The van der Waals surface area contributed by atoms with Crippen LogP contribution in [0.4, 0.5) is 0 Å². The minimum absolute atomic E-state index is 0.0327. The van der Waals surface area contributed by atoms with Crippen LogP contribution in [0.25, 0.3) is 0 Å². The van der Waals surface area contributed by atoms with Gasteiger partial charge in [-0.2, -0.15) is 4.31 Å². The molecule has 1 heterocycles. The van der Waals surface area contributed by atoms with Gasteiger partial charge >= 0.3 is 0 Å². The molecule has 1 fully saturated rings. The molecule has 1 saturated heterocycles. The first-order valence-electron chi connectivity index (χ1n) is 6.72. The number of rotatable bonds is 4. The number of carbonyl (C=O) groups excluding carboxylic acids is 1. The van der Waals surface area contributed by atoms with Gasteiger partial charge in [0.25, 0.3) is 0 Å². The zero-order valence-electron chi connectivity index (χ0n) is 11.8. The molecule has 1 aliphatic heterocycles. The average molecular weight is 296 g/mol. The van der Waals surface area contributed by atoms with Gasteiger partial charge in [0.1, 0.15) is 0 Å². The molecule has 0 radical (unpaired) electrons. The first-order valence-corrected chi connectivity index (χ1v) is 8.16. The topological polar surface area (TPSA) is 66.5 Å². The number of ketones is 1. The number of benzene rings is 1. The molecular weight excluding hydrogens is 276 g/mol. The summed E-state index contributed by atoms with van der Waals surface area (Å²) in [6.45, 7) is 3.03. The van der Waals surface area contributed by atoms with E-state index in [0.717, 1.165) is 19.4 Å². The minimum Gasteiger partial charge on any atom is -0.315 e. The van der Waals surface area contributed by atoms with Gasteiger partial charge in [0.2, 0.25) is 10.0 Å². The van der Waals surface area contributed by atoms with Crippen molar-refractivity contribution in [1.29, 1.82) is 0 Å². The highest BCUT2D eigenvalue weighted by atomic mass is 32.2. The number of nitrogens with one attached hydrogen (secondary N) is 1. The maximum atomic E-state index is 12.6. The Morgan fingerprint density at radius 1 is 1.40 bits per heavy atom. The Morgan fingerprint density at radius 3 is 2.75 bits per heavy atom. The molecule has 0 aromatic heterocycles. The standard InChI is InChI=1S/C14H20N2O3S/c1-11(17)12-5-3-7-14(9-12)20(18,19)16(2)13-6-4-8-15-10-13/h3,5,7,9,13,15H,4,6,8,10H2,1-2H3. The Labute approximate surface area is 120 Å². The molecule has 1 atom stereocenters. The largest absolute Gasteiger partial charge is 0.315 e. The predicted octanol–water partition coefficient (Wildman–Crippen LogP) is 1.26. The van der Waals surface area contributed by atoms with Crippen molar-refractivity contribution in [3.05, 3.63) is 29.8 Å². The second-order valence-electron chi connectivity index (χ2n) is 5.11. The maximum absolute atomic E-state index is 12.6. The third-order valence-corrected chi connectivity index (χ3v) is 5.61. The summed E-state index contributed by atoms with van der Waals surface area (Å²) < 4.78 is 26.6. The molecule has 0 saturated carbocycles. The van der Waals surface area contributed by atoms with Crippen LogP contribution in [-0.2, 0) is 10.0 Å².